The number of aromatic nitrogens is 4. The Kier molecular flexibility index (Phi) is 6.49. The molecule has 1 amide bonds. The zero-order chi connectivity index (χ0) is 23.2. The monoisotopic (exact) mass is 444 g/mol. The third-order valence-corrected chi connectivity index (χ3v) is 5.13. The largest absolute Gasteiger partial charge is 0.493 e. The molecule has 4 rings (SSSR count). The molecular weight excluding hydrogens is 420 g/mol. The van der Waals surface area contributed by atoms with Gasteiger partial charge in [-0.3, -0.25) is 9.78 Å². The van der Waals surface area contributed by atoms with Crippen LogP contribution in [-0.2, 0) is 6.42 Å². The van der Waals surface area contributed by atoms with Crippen LogP contribution in [0.1, 0.15) is 16.1 Å². The Morgan fingerprint density at radius 1 is 1.09 bits per heavy atom. The molecule has 9 nitrogen and oxygen atoms in total. The van der Waals surface area contributed by atoms with Gasteiger partial charge in [-0.1, -0.05) is 12.1 Å². The molecule has 0 aliphatic heterocycles. The van der Waals surface area contributed by atoms with Crippen LogP contribution >= 0.6 is 0 Å². The van der Waals surface area contributed by atoms with Crippen molar-refractivity contribution in [3.63, 3.8) is 0 Å². The number of methoxy groups -OCH3 is 2. The van der Waals surface area contributed by atoms with E-state index in [-0.39, 0.29) is 11.9 Å². The summed E-state index contributed by atoms with van der Waals surface area (Å²) in [4.78, 5) is 28.3. The average Bonchev–Trinajstić information content (AvgIpc) is 3.34. The van der Waals surface area contributed by atoms with Gasteiger partial charge in [0.15, 0.2) is 11.5 Å². The van der Waals surface area contributed by atoms with E-state index in [9.17, 15) is 4.79 Å². The van der Waals surface area contributed by atoms with Crippen molar-refractivity contribution in [1.29, 1.82) is 0 Å². The van der Waals surface area contributed by atoms with Crippen LogP contribution in [0.3, 0.4) is 0 Å². The second-order valence-corrected chi connectivity index (χ2v) is 7.23. The number of nitrogens with zero attached hydrogens (tertiary/aromatic N) is 3. The summed E-state index contributed by atoms with van der Waals surface area (Å²) >= 11 is 0. The van der Waals surface area contributed by atoms with Gasteiger partial charge in [0.2, 0.25) is 5.95 Å². The van der Waals surface area contributed by atoms with Gasteiger partial charge in [0.25, 0.3) is 5.91 Å². The number of ether oxygens (including phenoxy) is 2. The van der Waals surface area contributed by atoms with Crippen LogP contribution < -0.4 is 20.5 Å². The summed E-state index contributed by atoms with van der Waals surface area (Å²) in [6.07, 6.45) is 7.58. The van der Waals surface area contributed by atoms with Crippen LogP contribution in [0.15, 0.2) is 61.2 Å². The molecule has 0 saturated heterocycles. The minimum absolute atomic E-state index is 0.137. The van der Waals surface area contributed by atoms with Crippen LogP contribution in [0, 0.1) is 0 Å². The Balaban J connectivity index is 1.56. The Labute approximate surface area is 191 Å². The Morgan fingerprint density at radius 3 is 2.70 bits per heavy atom. The zero-order valence-electron chi connectivity index (χ0n) is 18.3. The quantitative estimate of drug-likeness (QED) is 0.381. The van der Waals surface area contributed by atoms with E-state index in [1.54, 1.807) is 45.1 Å². The van der Waals surface area contributed by atoms with Gasteiger partial charge in [-0.05, 0) is 41.8 Å². The summed E-state index contributed by atoms with van der Waals surface area (Å²) < 4.78 is 10.7. The molecule has 4 N–H and O–H groups in total. The lowest BCUT2D eigenvalue weighted by Gasteiger charge is -2.12. The molecule has 0 aliphatic rings. The van der Waals surface area contributed by atoms with E-state index in [0.717, 1.165) is 16.7 Å². The standard InChI is InChI=1S/C24H24N6O3/c1-32-20-6-5-16(11-21(20)33-2)18-14-29-24(25)30-22(18)17-10-19(28-13-17)23(31)27-9-7-15-4-3-8-26-12-15/h3-6,8,10-14,28H,7,9H2,1-2H3,(H,27,31)(H2,25,29,30). The van der Waals surface area contributed by atoms with E-state index in [0.29, 0.717) is 41.4 Å². The summed E-state index contributed by atoms with van der Waals surface area (Å²) in [6, 6.07) is 11.1. The fraction of sp³-hybridized carbons (Fsp3) is 0.167. The van der Waals surface area contributed by atoms with Gasteiger partial charge >= 0.3 is 0 Å². The number of nitrogens with one attached hydrogen (secondary N) is 2. The SMILES string of the molecule is COc1ccc(-c2cnc(N)nc2-c2c[nH]c(C(=O)NCCc3cccnc3)c2)cc1OC. The first-order valence-corrected chi connectivity index (χ1v) is 10.3. The number of aromatic amines is 1. The lowest BCUT2D eigenvalue weighted by Crippen LogP contribution is -2.25. The lowest BCUT2D eigenvalue weighted by atomic mass is 10.0. The van der Waals surface area contributed by atoms with E-state index in [2.05, 4.69) is 25.3 Å². The first-order chi connectivity index (χ1) is 16.1. The number of carbonyl (C=O) groups excluding carboxylic acids is 1. The number of carbonyl (C=O) groups is 1. The molecule has 0 fully saturated rings. The number of H-pyrrole nitrogens is 1. The van der Waals surface area contributed by atoms with Crippen molar-refractivity contribution in [3.8, 4) is 33.9 Å². The van der Waals surface area contributed by atoms with Crippen LogP contribution in [-0.4, -0.2) is 46.6 Å². The summed E-state index contributed by atoms with van der Waals surface area (Å²) in [6.45, 7) is 0.496. The summed E-state index contributed by atoms with van der Waals surface area (Å²) in [5.74, 6) is 1.13. The third kappa shape index (κ3) is 4.93. The van der Waals surface area contributed by atoms with E-state index >= 15 is 0 Å². The van der Waals surface area contributed by atoms with Gasteiger partial charge < -0.3 is 25.5 Å². The highest BCUT2D eigenvalue weighted by atomic mass is 16.5. The first kappa shape index (κ1) is 21.8. The summed E-state index contributed by atoms with van der Waals surface area (Å²) in [5.41, 5.74) is 10.2. The fourth-order valence-electron chi connectivity index (χ4n) is 3.45. The number of rotatable bonds is 8. The Hall–Kier alpha value is -4.40. The predicted octanol–water partition coefficient (Wildman–Crippen LogP) is 3.11. The van der Waals surface area contributed by atoms with Gasteiger partial charge in [0.1, 0.15) is 5.69 Å². The van der Waals surface area contributed by atoms with Crippen molar-refractivity contribution in [2.45, 2.75) is 6.42 Å². The van der Waals surface area contributed by atoms with E-state index in [1.165, 1.54) is 0 Å². The highest BCUT2D eigenvalue weighted by molar-refractivity contribution is 5.94. The van der Waals surface area contributed by atoms with Gasteiger partial charge in [-0.2, -0.15) is 0 Å². The summed E-state index contributed by atoms with van der Waals surface area (Å²) in [5, 5.41) is 2.91. The normalized spacial score (nSPS) is 10.6. The number of nitrogen functional groups attached to an aromatic ring is 1. The van der Waals surface area contributed by atoms with Gasteiger partial charge in [0.05, 0.1) is 19.9 Å². The molecular formula is C24H24N6O3. The highest BCUT2D eigenvalue weighted by Gasteiger charge is 2.16. The van der Waals surface area contributed by atoms with Crippen molar-refractivity contribution >= 4 is 11.9 Å². The minimum Gasteiger partial charge on any atom is -0.493 e. The van der Waals surface area contributed by atoms with Crippen molar-refractivity contribution < 1.29 is 14.3 Å². The molecule has 0 bridgehead atoms. The second-order valence-electron chi connectivity index (χ2n) is 7.23. The first-order valence-electron chi connectivity index (χ1n) is 10.3. The number of hydrogen-bond acceptors (Lipinski definition) is 7. The van der Waals surface area contributed by atoms with Gasteiger partial charge in [-0.15, -0.1) is 0 Å². The molecule has 1 aromatic carbocycles. The van der Waals surface area contributed by atoms with Crippen LogP contribution in [0.5, 0.6) is 11.5 Å². The van der Waals surface area contributed by atoms with Gasteiger partial charge in [-0.25, -0.2) is 9.97 Å². The van der Waals surface area contributed by atoms with E-state index < -0.39 is 0 Å². The maximum Gasteiger partial charge on any atom is 0.267 e. The van der Waals surface area contributed by atoms with Crippen molar-refractivity contribution in [2.24, 2.45) is 0 Å². The fourth-order valence-corrected chi connectivity index (χ4v) is 3.45. The number of amides is 1. The second kappa shape index (κ2) is 9.82. The number of anilines is 1. The Bertz CT molecular complexity index is 1260. The van der Waals surface area contributed by atoms with Crippen molar-refractivity contribution in [2.75, 3.05) is 26.5 Å². The topological polar surface area (TPSA) is 128 Å². The van der Waals surface area contributed by atoms with Crippen LogP contribution in [0.25, 0.3) is 22.4 Å². The molecule has 0 radical (unpaired) electrons. The number of pyridine rings is 1. The lowest BCUT2D eigenvalue weighted by molar-refractivity contribution is 0.0950. The number of benzene rings is 1. The summed E-state index contributed by atoms with van der Waals surface area (Å²) in [7, 11) is 3.16. The maximum atomic E-state index is 12.6. The van der Waals surface area contributed by atoms with Crippen molar-refractivity contribution in [3.05, 3.63) is 72.4 Å². The molecule has 33 heavy (non-hydrogen) atoms. The molecule has 168 valence electrons. The zero-order valence-corrected chi connectivity index (χ0v) is 18.3. The molecule has 0 spiro atoms. The number of nitrogens with two attached hydrogens (primary N) is 1. The molecule has 4 aromatic rings. The molecule has 0 unspecified atom stereocenters. The maximum absolute atomic E-state index is 12.6. The molecule has 3 aromatic heterocycles. The van der Waals surface area contributed by atoms with Crippen LogP contribution in [0.2, 0.25) is 0 Å². The van der Waals surface area contributed by atoms with Crippen LogP contribution in [0.4, 0.5) is 5.95 Å². The molecule has 0 atom stereocenters. The van der Waals surface area contributed by atoms with Crippen molar-refractivity contribution in [1.82, 2.24) is 25.3 Å². The third-order valence-electron chi connectivity index (χ3n) is 5.13. The van der Waals surface area contributed by atoms with E-state index in [4.69, 9.17) is 15.2 Å². The highest BCUT2D eigenvalue weighted by Crippen LogP contribution is 2.36. The van der Waals surface area contributed by atoms with Gasteiger partial charge in [0, 0.05) is 42.5 Å². The Morgan fingerprint density at radius 2 is 1.94 bits per heavy atom. The smallest absolute Gasteiger partial charge is 0.267 e. The molecule has 0 saturated carbocycles. The predicted molar refractivity (Wildman–Crippen MR) is 125 cm³/mol. The molecule has 3 heterocycles. The minimum atomic E-state index is -0.208. The molecule has 0 aliphatic carbocycles. The van der Waals surface area contributed by atoms with E-state index in [1.807, 2.05) is 30.3 Å². The number of hydrogen-bond donors (Lipinski definition) is 3. The average molecular weight is 444 g/mol. The molecule has 9 heteroatoms.